The quantitative estimate of drug-likeness (QED) is 0.745. The van der Waals surface area contributed by atoms with Gasteiger partial charge in [0, 0.05) is 5.69 Å². The van der Waals surface area contributed by atoms with Crippen LogP contribution in [0.15, 0.2) is 29.1 Å². The number of nitrogens with zero attached hydrogens (tertiary/aromatic N) is 2. The van der Waals surface area contributed by atoms with Crippen molar-refractivity contribution in [1.29, 1.82) is 0 Å². The summed E-state index contributed by atoms with van der Waals surface area (Å²) in [5.41, 5.74) is 6.15. The first-order valence-corrected chi connectivity index (χ1v) is 4.30. The summed E-state index contributed by atoms with van der Waals surface area (Å²) in [5.74, 6) is 0.0599. The van der Waals surface area contributed by atoms with Crippen molar-refractivity contribution in [1.82, 2.24) is 10.1 Å². The van der Waals surface area contributed by atoms with E-state index in [-0.39, 0.29) is 0 Å². The van der Waals surface area contributed by atoms with Crippen LogP contribution < -0.4 is 11.1 Å². The molecule has 0 aliphatic rings. The van der Waals surface area contributed by atoms with Gasteiger partial charge in [-0.2, -0.15) is 4.98 Å². The molecule has 0 bridgehead atoms. The van der Waals surface area contributed by atoms with Crippen molar-refractivity contribution < 1.29 is 8.91 Å². The number of hydrogen-bond acceptors (Lipinski definition) is 5. The van der Waals surface area contributed by atoms with Gasteiger partial charge in [0.25, 0.3) is 0 Å². The molecule has 2 rings (SSSR count). The molecule has 5 nitrogen and oxygen atoms in total. The van der Waals surface area contributed by atoms with E-state index in [1.165, 1.54) is 12.5 Å². The minimum atomic E-state index is -0.404. The van der Waals surface area contributed by atoms with Gasteiger partial charge in [0.2, 0.25) is 6.39 Å². The van der Waals surface area contributed by atoms with Crippen molar-refractivity contribution in [3.63, 3.8) is 0 Å². The molecule has 1 aromatic heterocycles. The van der Waals surface area contributed by atoms with Gasteiger partial charge < -0.3 is 15.6 Å². The lowest BCUT2D eigenvalue weighted by Crippen LogP contribution is -2.03. The SMILES string of the molecule is Nc1ccc(NCc2ncon2)c(F)c1. The first-order chi connectivity index (χ1) is 7.25. The Morgan fingerprint density at radius 2 is 2.33 bits per heavy atom. The van der Waals surface area contributed by atoms with E-state index in [4.69, 9.17) is 5.73 Å². The van der Waals surface area contributed by atoms with Gasteiger partial charge in [-0.15, -0.1) is 0 Å². The largest absolute Gasteiger partial charge is 0.399 e. The minimum absolute atomic E-state index is 0.303. The monoisotopic (exact) mass is 208 g/mol. The van der Waals surface area contributed by atoms with Crippen molar-refractivity contribution in [2.24, 2.45) is 0 Å². The number of halogens is 1. The summed E-state index contributed by atoms with van der Waals surface area (Å²) < 4.78 is 17.8. The molecule has 6 heteroatoms. The van der Waals surface area contributed by atoms with Crippen LogP contribution in [0.1, 0.15) is 5.82 Å². The second kappa shape index (κ2) is 3.95. The van der Waals surface area contributed by atoms with Crippen LogP contribution in [0.25, 0.3) is 0 Å². The summed E-state index contributed by atoms with van der Waals surface area (Å²) in [6.45, 7) is 0.303. The van der Waals surface area contributed by atoms with Gasteiger partial charge in [-0.25, -0.2) is 4.39 Å². The zero-order valence-corrected chi connectivity index (χ0v) is 7.77. The van der Waals surface area contributed by atoms with Crippen molar-refractivity contribution >= 4 is 11.4 Å². The van der Waals surface area contributed by atoms with E-state index in [0.717, 1.165) is 0 Å². The average molecular weight is 208 g/mol. The van der Waals surface area contributed by atoms with Gasteiger partial charge in [0.05, 0.1) is 12.2 Å². The molecule has 0 aliphatic carbocycles. The fourth-order valence-corrected chi connectivity index (χ4v) is 1.12. The molecule has 1 aromatic carbocycles. The predicted molar refractivity (Wildman–Crippen MR) is 52.4 cm³/mol. The molecule has 0 amide bonds. The second-order valence-electron chi connectivity index (χ2n) is 2.94. The number of nitrogens with two attached hydrogens (primary N) is 1. The van der Waals surface area contributed by atoms with Gasteiger partial charge in [-0.1, -0.05) is 5.16 Å². The first-order valence-electron chi connectivity index (χ1n) is 4.30. The number of aromatic nitrogens is 2. The maximum Gasteiger partial charge on any atom is 0.213 e. The van der Waals surface area contributed by atoms with Crippen LogP contribution in [-0.2, 0) is 6.54 Å². The van der Waals surface area contributed by atoms with Crippen molar-refractivity contribution in [3.8, 4) is 0 Å². The van der Waals surface area contributed by atoms with E-state index in [2.05, 4.69) is 20.0 Å². The molecule has 0 unspecified atom stereocenters. The molecule has 0 spiro atoms. The summed E-state index contributed by atoms with van der Waals surface area (Å²) in [6.07, 6.45) is 1.22. The molecular formula is C9H9FN4O. The average Bonchev–Trinajstić information content (AvgIpc) is 2.69. The Morgan fingerprint density at radius 1 is 1.47 bits per heavy atom. The lowest BCUT2D eigenvalue weighted by molar-refractivity contribution is 0.411. The molecule has 0 fully saturated rings. The topological polar surface area (TPSA) is 77.0 Å². The van der Waals surface area contributed by atoms with E-state index in [1.807, 2.05) is 0 Å². The summed E-state index contributed by atoms with van der Waals surface area (Å²) in [7, 11) is 0. The maximum absolute atomic E-state index is 13.3. The Hall–Kier alpha value is -2.11. The number of nitrogens with one attached hydrogen (secondary N) is 1. The Kier molecular flexibility index (Phi) is 2.49. The molecule has 2 aromatic rings. The van der Waals surface area contributed by atoms with Crippen LogP contribution in [0.5, 0.6) is 0 Å². The molecule has 78 valence electrons. The molecule has 0 radical (unpaired) electrons. The number of benzene rings is 1. The van der Waals surface area contributed by atoms with Crippen molar-refractivity contribution in [3.05, 3.63) is 36.2 Å². The zero-order chi connectivity index (χ0) is 10.7. The third-order valence-corrected chi connectivity index (χ3v) is 1.84. The van der Waals surface area contributed by atoms with Gasteiger partial charge in [-0.05, 0) is 18.2 Å². The lowest BCUT2D eigenvalue weighted by Gasteiger charge is -2.05. The van der Waals surface area contributed by atoms with Crippen molar-refractivity contribution in [2.75, 3.05) is 11.1 Å². The second-order valence-corrected chi connectivity index (χ2v) is 2.94. The lowest BCUT2D eigenvalue weighted by atomic mass is 10.2. The van der Waals surface area contributed by atoms with Crippen LogP contribution in [0.4, 0.5) is 15.8 Å². The highest BCUT2D eigenvalue weighted by Gasteiger charge is 2.03. The molecule has 0 aliphatic heterocycles. The number of rotatable bonds is 3. The minimum Gasteiger partial charge on any atom is -0.399 e. The third-order valence-electron chi connectivity index (χ3n) is 1.84. The first kappa shape index (κ1) is 9.45. The van der Waals surface area contributed by atoms with E-state index in [9.17, 15) is 4.39 Å². The smallest absolute Gasteiger partial charge is 0.213 e. The van der Waals surface area contributed by atoms with E-state index in [1.54, 1.807) is 12.1 Å². The highest BCUT2D eigenvalue weighted by atomic mass is 19.1. The Balaban J connectivity index is 2.05. The van der Waals surface area contributed by atoms with Crippen molar-refractivity contribution in [2.45, 2.75) is 6.54 Å². The normalized spacial score (nSPS) is 10.2. The summed E-state index contributed by atoms with van der Waals surface area (Å²) in [5, 5.41) is 6.41. The highest BCUT2D eigenvalue weighted by Crippen LogP contribution is 2.17. The molecular weight excluding hydrogens is 199 g/mol. The highest BCUT2D eigenvalue weighted by molar-refractivity contribution is 5.52. The summed E-state index contributed by atoms with van der Waals surface area (Å²) in [6, 6.07) is 4.42. The predicted octanol–water partition coefficient (Wildman–Crippen LogP) is 1.40. The van der Waals surface area contributed by atoms with E-state index >= 15 is 0 Å². The van der Waals surface area contributed by atoms with Crippen LogP contribution in [-0.4, -0.2) is 10.1 Å². The van der Waals surface area contributed by atoms with Crippen LogP contribution in [0.3, 0.4) is 0 Å². The molecule has 0 saturated heterocycles. The maximum atomic E-state index is 13.3. The third kappa shape index (κ3) is 2.22. The van der Waals surface area contributed by atoms with Gasteiger partial charge in [0.1, 0.15) is 5.82 Å². The van der Waals surface area contributed by atoms with E-state index in [0.29, 0.717) is 23.7 Å². The van der Waals surface area contributed by atoms with E-state index < -0.39 is 5.82 Å². The van der Waals surface area contributed by atoms with Gasteiger partial charge in [-0.3, -0.25) is 0 Å². The standard InChI is InChI=1S/C9H9FN4O/c10-7-3-6(11)1-2-8(7)12-4-9-13-5-15-14-9/h1-3,5,12H,4,11H2. The fraction of sp³-hybridized carbons (Fsp3) is 0.111. The molecule has 0 atom stereocenters. The Morgan fingerprint density at radius 3 is 3.00 bits per heavy atom. The molecule has 0 saturated carbocycles. The Labute approximate surface area is 85.1 Å². The van der Waals surface area contributed by atoms with Gasteiger partial charge in [0.15, 0.2) is 5.82 Å². The Bertz CT molecular complexity index is 443. The number of nitrogen functional groups attached to an aromatic ring is 1. The zero-order valence-electron chi connectivity index (χ0n) is 7.77. The molecule has 15 heavy (non-hydrogen) atoms. The number of hydrogen-bond donors (Lipinski definition) is 2. The van der Waals surface area contributed by atoms with Crippen LogP contribution in [0.2, 0.25) is 0 Å². The van der Waals surface area contributed by atoms with Crippen LogP contribution in [0, 0.1) is 5.82 Å². The van der Waals surface area contributed by atoms with Crippen LogP contribution >= 0.6 is 0 Å². The van der Waals surface area contributed by atoms with Gasteiger partial charge >= 0.3 is 0 Å². The summed E-state index contributed by atoms with van der Waals surface area (Å²) >= 11 is 0. The molecule has 3 N–H and O–H groups in total. The summed E-state index contributed by atoms with van der Waals surface area (Å²) in [4.78, 5) is 3.79. The molecule has 1 heterocycles. The fourth-order valence-electron chi connectivity index (χ4n) is 1.12. The number of anilines is 2.